The molecule has 0 bridgehead atoms. The first-order valence-corrected chi connectivity index (χ1v) is 9.40. The number of benzene rings is 3. The summed E-state index contributed by atoms with van der Waals surface area (Å²) in [5, 5.41) is 4.15. The van der Waals surface area contributed by atoms with Crippen LogP contribution in [0.25, 0.3) is 0 Å². The molecular formula is C23H24ClNO2. The van der Waals surface area contributed by atoms with Gasteiger partial charge in [0.25, 0.3) is 0 Å². The Labute approximate surface area is 165 Å². The molecule has 0 saturated carbocycles. The largest absolute Gasteiger partial charge is 0.497 e. The van der Waals surface area contributed by atoms with Crippen molar-refractivity contribution in [2.75, 3.05) is 20.3 Å². The fourth-order valence-corrected chi connectivity index (χ4v) is 3.00. The molecule has 140 valence electrons. The summed E-state index contributed by atoms with van der Waals surface area (Å²) in [5.41, 5.74) is 3.45. The minimum atomic E-state index is -0.105. The molecule has 0 aliphatic carbocycles. The van der Waals surface area contributed by atoms with Crippen LogP contribution in [0.3, 0.4) is 0 Å². The van der Waals surface area contributed by atoms with Crippen LogP contribution in [0.4, 0.5) is 0 Å². The average Bonchev–Trinajstić information content (AvgIpc) is 2.73. The van der Waals surface area contributed by atoms with E-state index in [1.807, 2.05) is 54.6 Å². The van der Waals surface area contributed by atoms with Gasteiger partial charge in [-0.1, -0.05) is 66.2 Å². The Bertz CT molecular complexity index is 804. The summed E-state index contributed by atoms with van der Waals surface area (Å²) in [5.74, 6) is 0.871. The first-order valence-electron chi connectivity index (χ1n) is 9.02. The third-order valence-electron chi connectivity index (χ3n) is 4.33. The van der Waals surface area contributed by atoms with Gasteiger partial charge in [-0.15, -0.1) is 0 Å². The number of ether oxygens (including phenoxy) is 2. The predicted molar refractivity (Wildman–Crippen MR) is 110 cm³/mol. The molecule has 0 saturated heterocycles. The van der Waals surface area contributed by atoms with Gasteiger partial charge in [0.15, 0.2) is 0 Å². The van der Waals surface area contributed by atoms with Crippen LogP contribution in [-0.2, 0) is 11.3 Å². The molecule has 0 aliphatic rings. The number of hydrogen-bond acceptors (Lipinski definition) is 3. The van der Waals surface area contributed by atoms with E-state index in [1.54, 1.807) is 7.11 Å². The minimum absolute atomic E-state index is 0.105. The van der Waals surface area contributed by atoms with Crippen molar-refractivity contribution in [1.29, 1.82) is 0 Å². The van der Waals surface area contributed by atoms with Gasteiger partial charge in [-0.3, -0.25) is 0 Å². The van der Waals surface area contributed by atoms with Crippen molar-refractivity contribution in [3.05, 3.63) is 101 Å². The Morgan fingerprint density at radius 1 is 0.852 bits per heavy atom. The van der Waals surface area contributed by atoms with E-state index in [9.17, 15) is 0 Å². The van der Waals surface area contributed by atoms with Crippen molar-refractivity contribution in [3.8, 4) is 5.75 Å². The highest BCUT2D eigenvalue weighted by Crippen LogP contribution is 2.26. The van der Waals surface area contributed by atoms with Crippen LogP contribution in [0.2, 0.25) is 5.02 Å². The average molecular weight is 382 g/mol. The Morgan fingerprint density at radius 3 is 2.19 bits per heavy atom. The first kappa shape index (κ1) is 19.4. The number of hydrogen-bond donors (Lipinski definition) is 1. The highest BCUT2D eigenvalue weighted by molar-refractivity contribution is 6.30. The molecule has 3 aromatic rings. The Balaban J connectivity index is 1.54. The topological polar surface area (TPSA) is 30.5 Å². The summed E-state index contributed by atoms with van der Waals surface area (Å²) in [7, 11) is 1.68. The van der Waals surface area contributed by atoms with Gasteiger partial charge in [0.1, 0.15) is 11.9 Å². The van der Waals surface area contributed by atoms with Gasteiger partial charge in [0, 0.05) is 18.1 Å². The maximum absolute atomic E-state index is 6.20. The van der Waals surface area contributed by atoms with Crippen LogP contribution in [0.1, 0.15) is 22.8 Å². The van der Waals surface area contributed by atoms with Crippen molar-refractivity contribution in [3.63, 3.8) is 0 Å². The number of nitrogens with one attached hydrogen (secondary N) is 1. The second kappa shape index (κ2) is 10.1. The molecular weight excluding hydrogens is 358 g/mol. The zero-order valence-electron chi connectivity index (χ0n) is 15.4. The third kappa shape index (κ3) is 5.83. The highest BCUT2D eigenvalue weighted by atomic mass is 35.5. The second-order valence-corrected chi connectivity index (χ2v) is 6.67. The zero-order chi connectivity index (χ0) is 18.9. The van der Waals surface area contributed by atoms with E-state index >= 15 is 0 Å². The minimum Gasteiger partial charge on any atom is -0.497 e. The van der Waals surface area contributed by atoms with Crippen molar-refractivity contribution in [2.24, 2.45) is 0 Å². The number of rotatable bonds is 9. The molecule has 3 aromatic carbocycles. The predicted octanol–water partition coefficient (Wildman–Crippen LogP) is 5.24. The first-order chi connectivity index (χ1) is 13.3. The fraction of sp³-hybridized carbons (Fsp3) is 0.217. The molecule has 0 aromatic heterocycles. The molecule has 1 unspecified atom stereocenters. The van der Waals surface area contributed by atoms with Gasteiger partial charge < -0.3 is 14.8 Å². The summed E-state index contributed by atoms with van der Waals surface area (Å²) in [4.78, 5) is 0. The van der Waals surface area contributed by atoms with Gasteiger partial charge in [-0.25, -0.2) is 0 Å². The van der Waals surface area contributed by atoms with E-state index in [4.69, 9.17) is 21.1 Å². The molecule has 0 fully saturated rings. The van der Waals surface area contributed by atoms with E-state index in [0.717, 1.165) is 35.0 Å². The normalized spacial score (nSPS) is 11.9. The van der Waals surface area contributed by atoms with Gasteiger partial charge in [0.2, 0.25) is 0 Å². The van der Waals surface area contributed by atoms with E-state index in [2.05, 4.69) is 29.6 Å². The van der Waals surface area contributed by atoms with Crippen LogP contribution in [0.5, 0.6) is 5.75 Å². The van der Waals surface area contributed by atoms with E-state index in [1.165, 1.54) is 5.56 Å². The standard InChI is InChI=1S/C23H24ClNO2/c1-26-22-13-7-18(8-14-22)17-25-15-16-27-23(19-5-3-2-4-6-19)20-9-11-21(24)12-10-20/h2-14,23,25H,15-17H2,1H3. The molecule has 0 spiro atoms. The molecule has 0 heterocycles. The lowest BCUT2D eigenvalue weighted by Gasteiger charge is -2.19. The van der Waals surface area contributed by atoms with Crippen LogP contribution in [0, 0.1) is 0 Å². The van der Waals surface area contributed by atoms with Gasteiger partial charge in [0.05, 0.1) is 13.7 Å². The molecule has 3 rings (SSSR count). The molecule has 0 radical (unpaired) electrons. The molecule has 4 heteroatoms. The van der Waals surface area contributed by atoms with Crippen LogP contribution in [-0.4, -0.2) is 20.3 Å². The van der Waals surface area contributed by atoms with Crippen molar-refractivity contribution in [2.45, 2.75) is 12.6 Å². The Morgan fingerprint density at radius 2 is 1.52 bits per heavy atom. The summed E-state index contributed by atoms with van der Waals surface area (Å²) in [6, 6.07) is 26.2. The number of methoxy groups -OCH3 is 1. The van der Waals surface area contributed by atoms with Crippen molar-refractivity contribution >= 4 is 11.6 Å². The molecule has 1 atom stereocenters. The van der Waals surface area contributed by atoms with E-state index in [-0.39, 0.29) is 6.10 Å². The summed E-state index contributed by atoms with van der Waals surface area (Å²) >= 11 is 6.03. The number of halogens is 1. The molecule has 3 nitrogen and oxygen atoms in total. The lowest BCUT2D eigenvalue weighted by molar-refractivity contribution is 0.0819. The quantitative estimate of drug-likeness (QED) is 0.514. The zero-order valence-corrected chi connectivity index (χ0v) is 16.2. The fourth-order valence-electron chi connectivity index (χ4n) is 2.88. The Hall–Kier alpha value is -2.33. The van der Waals surface area contributed by atoms with Crippen molar-refractivity contribution in [1.82, 2.24) is 5.32 Å². The molecule has 27 heavy (non-hydrogen) atoms. The summed E-state index contributed by atoms with van der Waals surface area (Å²) in [6.45, 7) is 2.17. The van der Waals surface area contributed by atoms with Crippen LogP contribution in [0.15, 0.2) is 78.9 Å². The maximum atomic E-state index is 6.20. The lowest BCUT2D eigenvalue weighted by Crippen LogP contribution is -2.21. The second-order valence-electron chi connectivity index (χ2n) is 6.24. The third-order valence-corrected chi connectivity index (χ3v) is 4.58. The monoisotopic (exact) mass is 381 g/mol. The van der Waals surface area contributed by atoms with Gasteiger partial charge in [-0.05, 0) is 41.0 Å². The summed E-state index contributed by atoms with van der Waals surface area (Å²) in [6.07, 6.45) is -0.105. The molecule has 0 aliphatic heterocycles. The highest BCUT2D eigenvalue weighted by Gasteiger charge is 2.14. The van der Waals surface area contributed by atoms with E-state index < -0.39 is 0 Å². The van der Waals surface area contributed by atoms with Crippen LogP contribution < -0.4 is 10.1 Å². The van der Waals surface area contributed by atoms with Gasteiger partial charge >= 0.3 is 0 Å². The summed E-state index contributed by atoms with van der Waals surface area (Å²) < 4.78 is 11.4. The maximum Gasteiger partial charge on any atom is 0.118 e. The SMILES string of the molecule is COc1ccc(CNCCOC(c2ccccc2)c2ccc(Cl)cc2)cc1. The van der Waals surface area contributed by atoms with Crippen molar-refractivity contribution < 1.29 is 9.47 Å². The van der Waals surface area contributed by atoms with Crippen LogP contribution >= 0.6 is 11.6 Å². The smallest absolute Gasteiger partial charge is 0.118 e. The Kier molecular flexibility index (Phi) is 7.28. The van der Waals surface area contributed by atoms with E-state index in [0.29, 0.717) is 6.61 Å². The van der Waals surface area contributed by atoms with Gasteiger partial charge in [-0.2, -0.15) is 0 Å². The molecule has 0 amide bonds. The lowest BCUT2D eigenvalue weighted by atomic mass is 10.0. The molecule has 1 N–H and O–H groups in total.